The fourth-order valence-electron chi connectivity index (χ4n) is 1.71. The Kier molecular flexibility index (Phi) is 5.92. The molecular formula is C17H13Cl2FO. The average Bonchev–Trinajstić information content (AvgIpc) is 2.46. The second-order valence-electron chi connectivity index (χ2n) is 4.30. The summed E-state index contributed by atoms with van der Waals surface area (Å²) in [5, 5.41) is 0.621. The first-order valence-corrected chi connectivity index (χ1v) is 7.32. The fraction of sp³-hybridized carbons (Fsp3) is 0.176. The van der Waals surface area contributed by atoms with Gasteiger partial charge in [0.25, 0.3) is 0 Å². The summed E-state index contributed by atoms with van der Waals surface area (Å²) in [6.07, 6.45) is 0.563. The van der Waals surface area contributed by atoms with Crippen molar-refractivity contribution in [2.75, 3.05) is 5.88 Å². The van der Waals surface area contributed by atoms with E-state index in [1.54, 1.807) is 12.1 Å². The molecule has 0 saturated heterocycles. The van der Waals surface area contributed by atoms with Gasteiger partial charge >= 0.3 is 0 Å². The lowest BCUT2D eigenvalue weighted by Crippen LogP contribution is -1.97. The molecule has 0 spiro atoms. The van der Waals surface area contributed by atoms with Crippen molar-refractivity contribution in [2.45, 2.75) is 13.0 Å². The highest BCUT2D eigenvalue weighted by atomic mass is 35.5. The van der Waals surface area contributed by atoms with E-state index in [1.165, 1.54) is 12.1 Å². The highest BCUT2D eigenvalue weighted by molar-refractivity contribution is 6.31. The first kappa shape index (κ1) is 15.7. The van der Waals surface area contributed by atoms with Gasteiger partial charge in [-0.2, -0.15) is 0 Å². The Labute approximate surface area is 133 Å². The number of alkyl halides is 1. The number of ether oxygens (including phenoxy) is 1. The van der Waals surface area contributed by atoms with Crippen LogP contribution in [0.1, 0.15) is 17.5 Å². The van der Waals surface area contributed by atoms with Gasteiger partial charge in [0, 0.05) is 34.5 Å². The molecule has 2 aromatic rings. The maximum atomic E-state index is 13.5. The molecule has 4 heteroatoms. The largest absolute Gasteiger partial charge is 0.489 e. The topological polar surface area (TPSA) is 9.23 Å². The van der Waals surface area contributed by atoms with Crippen LogP contribution in [0.3, 0.4) is 0 Å². The third-order valence-corrected chi connectivity index (χ3v) is 3.23. The molecule has 0 amide bonds. The van der Waals surface area contributed by atoms with Gasteiger partial charge in [-0.3, -0.25) is 0 Å². The number of hydrogen-bond acceptors (Lipinski definition) is 1. The fourth-order valence-corrected chi connectivity index (χ4v) is 1.99. The van der Waals surface area contributed by atoms with E-state index in [2.05, 4.69) is 11.8 Å². The van der Waals surface area contributed by atoms with Crippen molar-refractivity contribution in [2.24, 2.45) is 0 Å². The van der Waals surface area contributed by atoms with Crippen molar-refractivity contribution in [3.8, 4) is 17.6 Å². The van der Waals surface area contributed by atoms with E-state index in [4.69, 9.17) is 27.9 Å². The number of hydrogen-bond donors (Lipinski definition) is 0. The molecular weight excluding hydrogens is 310 g/mol. The molecule has 21 heavy (non-hydrogen) atoms. The molecule has 0 atom stereocenters. The lowest BCUT2D eigenvalue weighted by molar-refractivity contribution is 0.304. The molecule has 0 aliphatic heterocycles. The highest BCUT2D eigenvalue weighted by Crippen LogP contribution is 2.20. The third-order valence-electron chi connectivity index (χ3n) is 2.68. The molecule has 0 unspecified atom stereocenters. The Hall–Kier alpha value is -1.69. The van der Waals surface area contributed by atoms with Crippen LogP contribution in [-0.4, -0.2) is 5.88 Å². The SMILES string of the molecule is Fc1cc(C#CCCCl)cc(OCc2ccccc2Cl)c1. The maximum absolute atomic E-state index is 13.5. The van der Waals surface area contributed by atoms with Crippen LogP contribution in [0, 0.1) is 17.7 Å². The van der Waals surface area contributed by atoms with Crippen LogP contribution in [0.5, 0.6) is 5.75 Å². The monoisotopic (exact) mass is 322 g/mol. The van der Waals surface area contributed by atoms with Crippen LogP contribution < -0.4 is 4.74 Å². The van der Waals surface area contributed by atoms with E-state index in [0.717, 1.165) is 5.56 Å². The van der Waals surface area contributed by atoms with E-state index >= 15 is 0 Å². The average molecular weight is 323 g/mol. The third kappa shape index (κ3) is 4.97. The van der Waals surface area contributed by atoms with Crippen LogP contribution in [0.2, 0.25) is 5.02 Å². The van der Waals surface area contributed by atoms with Crippen molar-refractivity contribution in [3.05, 3.63) is 64.4 Å². The van der Waals surface area contributed by atoms with Gasteiger partial charge in [0.1, 0.15) is 18.2 Å². The summed E-state index contributed by atoms with van der Waals surface area (Å²) in [4.78, 5) is 0. The lowest BCUT2D eigenvalue weighted by atomic mass is 10.2. The minimum absolute atomic E-state index is 0.275. The summed E-state index contributed by atoms with van der Waals surface area (Å²) >= 11 is 11.6. The van der Waals surface area contributed by atoms with E-state index in [9.17, 15) is 4.39 Å². The Bertz CT molecular complexity index is 674. The van der Waals surface area contributed by atoms with Crippen molar-refractivity contribution >= 4 is 23.2 Å². The molecule has 2 rings (SSSR count). The highest BCUT2D eigenvalue weighted by Gasteiger charge is 2.03. The Morgan fingerprint density at radius 2 is 1.95 bits per heavy atom. The molecule has 0 bridgehead atoms. The van der Waals surface area contributed by atoms with E-state index in [0.29, 0.717) is 28.6 Å². The van der Waals surface area contributed by atoms with Crippen LogP contribution >= 0.6 is 23.2 Å². The number of halogens is 3. The van der Waals surface area contributed by atoms with Crippen molar-refractivity contribution in [1.82, 2.24) is 0 Å². The summed E-state index contributed by atoms with van der Waals surface area (Å²) in [5.41, 5.74) is 1.41. The van der Waals surface area contributed by atoms with Crippen LogP contribution in [-0.2, 0) is 6.61 Å². The van der Waals surface area contributed by atoms with Gasteiger partial charge in [0.15, 0.2) is 0 Å². The van der Waals surface area contributed by atoms with Gasteiger partial charge in [-0.05, 0) is 18.2 Å². The summed E-state index contributed by atoms with van der Waals surface area (Å²) in [5.74, 6) is 6.21. The zero-order valence-electron chi connectivity index (χ0n) is 11.2. The van der Waals surface area contributed by atoms with E-state index in [-0.39, 0.29) is 12.4 Å². The van der Waals surface area contributed by atoms with Gasteiger partial charge < -0.3 is 4.74 Å². The first-order valence-electron chi connectivity index (χ1n) is 6.40. The predicted molar refractivity (Wildman–Crippen MR) is 84.4 cm³/mol. The molecule has 0 aromatic heterocycles. The molecule has 1 nitrogen and oxygen atoms in total. The van der Waals surface area contributed by atoms with Crippen molar-refractivity contribution in [3.63, 3.8) is 0 Å². The van der Waals surface area contributed by atoms with Crippen LogP contribution in [0.15, 0.2) is 42.5 Å². The zero-order chi connectivity index (χ0) is 15.1. The summed E-state index contributed by atoms with van der Waals surface area (Å²) < 4.78 is 19.1. The number of benzene rings is 2. The van der Waals surface area contributed by atoms with Gasteiger partial charge in [-0.1, -0.05) is 41.6 Å². The normalized spacial score (nSPS) is 9.86. The maximum Gasteiger partial charge on any atom is 0.128 e. The van der Waals surface area contributed by atoms with Gasteiger partial charge in [-0.25, -0.2) is 4.39 Å². The molecule has 0 fully saturated rings. The summed E-state index contributed by atoms with van der Waals surface area (Å²) in [6.45, 7) is 0.275. The van der Waals surface area contributed by atoms with Gasteiger partial charge in [0.2, 0.25) is 0 Å². The number of rotatable bonds is 4. The Morgan fingerprint density at radius 3 is 2.71 bits per heavy atom. The smallest absolute Gasteiger partial charge is 0.128 e. The lowest BCUT2D eigenvalue weighted by Gasteiger charge is -2.08. The summed E-state index contributed by atoms with van der Waals surface area (Å²) in [6, 6.07) is 11.8. The van der Waals surface area contributed by atoms with Crippen molar-refractivity contribution in [1.29, 1.82) is 0 Å². The van der Waals surface area contributed by atoms with Gasteiger partial charge in [0.05, 0.1) is 0 Å². The van der Waals surface area contributed by atoms with Crippen molar-refractivity contribution < 1.29 is 9.13 Å². The van der Waals surface area contributed by atoms with Gasteiger partial charge in [-0.15, -0.1) is 11.6 Å². The quantitative estimate of drug-likeness (QED) is 0.566. The molecule has 0 radical (unpaired) electrons. The van der Waals surface area contributed by atoms with E-state index < -0.39 is 0 Å². The van der Waals surface area contributed by atoms with Crippen LogP contribution in [0.25, 0.3) is 0 Å². The first-order chi connectivity index (χ1) is 10.2. The minimum Gasteiger partial charge on any atom is -0.489 e. The minimum atomic E-state index is -0.387. The molecule has 0 aliphatic carbocycles. The molecule has 0 aliphatic rings. The molecule has 0 saturated carbocycles. The molecule has 108 valence electrons. The van der Waals surface area contributed by atoms with E-state index in [1.807, 2.05) is 18.2 Å². The van der Waals surface area contributed by atoms with Crippen LogP contribution in [0.4, 0.5) is 4.39 Å². The molecule has 2 aromatic carbocycles. The zero-order valence-corrected chi connectivity index (χ0v) is 12.7. The Morgan fingerprint density at radius 1 is 1.14 bits per heavy atom. The standard InChI is InChI=1S/C17H13Cl2FO/c18-8-4-3-5-13-9-15(20)11-16(10-13)21-12-14-6-1-2-7-17(14)19/h1-2,6-7,9-11H,4,8,12H2. The molecule has 0 N–H and O–H groups in total. The summed E-state index contributed by atoms with van der Waals surface area (Å²) in [7, 11) is 0. The predicted octanol–water partition coefficient (Wildman–Crippen LogP) is 5.04. The second kappa shape index (κ2) is 7.93. The second-order valence-corrected chi connectivity index (χ2v) is 5.08. The Balaban J connectivity index is 2.10. The molecule has 0 heterocycles.